The molecular formula is C15H10ClFN2. The Balaban J connectivity index is 1.95. The molecule has 0 aliphatic heterocycles. The molecule has 0 unspecified atom stereocenters. The van der Waals surface area contributed by atoms with E-state index in [1.54, 1.807) is 23.0 Å². The summed E-state index contributed by atoms with van der Waals surface area (Å²) in [5.74, 6) is -0.242. The second-order valence-electron chi connectivity index (χ2n) is 4.16. The van der Waals surface area contributed by atoms with Crippen LogP contribution in [0, 0.1) is 5.82 Å². The van der Waals surface area contributed by atoms with Crippen LogP contribution in [0.25, 0.3) is 16.8 Å². The standard InChI is InChI=1S/C15H10ClFN2/c16-13-3-7-15(8-4-13)19-10-12(9-18-19)11-1-5-14(17)6-2-11/h1-10H. The van der Waals surface area contributed by atoms with E-state index in [-0.39, 0.29) is 5.82 Å². The number of hydrogen-bond donors (Lipinski definition) is 0. The Bertz CT molecular complexity index is 627. The predicted molar refractivity (Wildman–Crippen MR) is 74.0 cm³/mol. The zero-order valence-corrected chi connectivity index (χ0v) is 10.7. The van der Waals surface area contributed by atoms with Gasteiger partial charge in [0.25, 0.3) is 0 Å². The van der Waals surface area contributed by atoms with E-state index in [0.29, 0.717) is 5.02 Å². The summed E-state index contributed by atoms with van der Waals surface area (Å²) in [6.07, 6.45) is 3.65. The summed E-state index contributed by atoms with van der Waals surface area (Å²) >= 11 is 5.85. The van der Waals surface area contributed by atoms with Crippen LogP contribution in [0.4, 0.5) is 4.39 Å². The number of hydrogen-bond acceptors (Lipinski definition) is 1. The van der Waals surface area contributed by atoms with Gasteiger partial charge in [-0.25, -0.2) is 9.07 Å². The molecule has 0 fully saturated rings. The van der Waals surface area contributed by atoms with E-state index >= 15 is 0 Å². The van der Waals surface area contributed by atoms with E-state index in [1.807, 2.05) is 30.5 Å². The second-order valence-corrected chi connectivity index (χ2v) is 4.59. The summed E-state index contributed by atoms with van der Waals surface area (Å²) in [7, 11) is 0. The lowest BCUT2D eigenvalue weighted by Crippen LogP contribution is -1.92. The van der Waals surface area contributed by atoms with Crippen LogP contribution in [0.15, 0.2) is 60.9 Å². The third-order valence-electron chi connectivity index (χ3n) is 2.85. The summed E-state index contributed by atoms with van der Waals surface area (Å²) in [5, 5.41) is 4.98. The van der Waals surface area contributed by atoms with Crippen molar-refractivity contribution in [2.45, 2.75) is 0 Å². The number of aromatic nitrogens is 2. The summed E-state index contributed by atoms with van der Waals surface area (Å²) in [6.45, 7) is 0. The molecule has 3 aromatic rings. The molecule has 0 spiro atoms. The molecule has 2 nitrogen and oxygen atoms in total. The Hall–Kier alpha value is -2.13. The molecule has 4 heteroatoms. The third kappa shape index (κ3) is 2.51. The molecule has 19 heavy (non-hydrogen) atoms. The molecule has 94 valence electrons. The largest absolute Gasteiger partial charge is 0.240 e. The van der Waals surface area contributed by atoms with Crippen molar-refractivity contribution in [2.24, 2.45) is 0 Å². The lowest BCUT2D eigenvalue weighted by molar-refractivity contribution is 0.628. The van der Waals surface area contributed by atoms with Crippen molar-refractivity contribution in [3.8, 4) is 16.8 Å². The molecule has 1 aromatic heterocycles. The van der Waals surface area contributed by atoms with Crippen LogP contribution in [0.3, 0.4) is 0 Å². The van der Waals surface area contributed by atoms with Crippen molar-refractivity contribution in [1.29, 1.82) is 0 Å². The van der Waals surface area contributed by atoms with Gasteiger partial charge in [0.05, 0.1) is 11.9 Å². The summed E-state index contributed by atoms with van der Waals surface area (Å²) in [5.41, 5.74) is 2.80. The van der Waals surface area contributed by atoms with Gasteiger partial charge in [0.1, 0.15) is 5.82 Å². The molecule has 1 heterocycles. The van der Waals surface area contributed by atoms with Crippen LogP contribution in [0.2, 0.25) is 5.02 Å². The first-order valence-electron chi connectivity index (χ1n) is 5.79. The molecule has 3 rings (SSSR count). The highest BCUT2D eigenvalue weighted by molar-refractivity contribution is 6.30. The average molecular weight is 273 g/mol. The van der Waals surface area contributed by atoms with Gasteiger partial charge < -0.3 is 0 Å². The van der Waals surface area contributed by atoms with Gasteiger partial charge in [-0.15, -0.1) is 0 Å². The first-order chi connectivity index (χ1) is 9.22. The second kappa shape index (κ2) is 4.86. The summed E-state index contributed by atoms with van der Waals surface area (Å²) in [4.78, 5) is 0. The molecule has 0 aliphatic rings. The Labute approximate surface area is 115 Å². The molecule has 0 amide bonds. The van der Waals surface area contributed by atoms with Crippen LogP contribution < -0.4 is 0 Å². The van der Waals surface area contributed by atoms with Crippen molar-refractivity contribution < 1.29 is 4.39 Å². The normalized spacial score (nSPS) is 10.6. The molecule has 0 saturated heterocycles. The fourth-order valence-corrected chi connectivity index (χ4v) is 1.98. The first-order valence-corrected chi connectivity index (χ1v) is 6.17. The molecule has 0 N–H and O–H groups in total. The highest BCUT2D eigenvalue weighted by Crippen LogP contribution is 2.21. The molecular weight excluding hydrogens is 263 g/mol. The van der Waals surface area contributed by atoms with E-state index in [0.717, 1.165) is 16.8 Å². The van der Waals surface area contributed by atoms with Crippen molar-refractivity contribution in [3.63, 3.8) is 0 Å². The molecule has 0 aliphatic carbocycles. The van der Waals surface area contributed by atoms with Gasteiger partial charge in [-0.05, 0) is 42.0 Å². The molecule has 2 aromatic carbocycles. The minimum atomic E-state index is -0.242. The van der Waals surface area contributed by atoms with Gasteiger partial charge in [-0.1, -0.05) is 23.7 Å². The van der Waals surface area contributed by atoms with Crippen LogP contribution in [0.1, 0.15) is 0 Å². The van der Waals surface area contributed by atoms with Crippen LogP contribution in [-0.4, -0.2) is 9.78 Å². The van der Waals surface area contributed by atoms with Gasteiger partial charge in [-0.2, -0.15) is 5.10 Å². The summed E-state index contributed by atoms with van der Waals surface area (Å²) in [6, 6.07) is 13.8. The SMILES string of the molecule is Fc1ccc(-c2cnn(-c3ccc(Cl)cc3)c2)cc1. The third-order valence-corrected chi connectivity index (χ3v) is 3.10. The van der Waals surface area contributed by atoms with Gasteiger partial charge in [-0.3, -0.25) is 0 Å². The van der Waals surface area contributed by atoms with Gasteiger partial charge in [0.2, 0.25) is 0 Å². The van der Waals surface area contributed by atoms with E-state index in [1.165, 1.54) is 12.1 Å². The van der Waals surface area contributed by atoms with Gasteiger partial charge in [0, 0.05) is 16.8 Å². The first kappa shape index (κ1) is 11.9. The quantitative estimate of drug-likeness (QED) is 0.679. The molecule has 0 saturated carbocycles. The fourth-order valence-electron chi connectivity index (χ4n) is 1.85. The van der Waals surface area contributed by atoms with Crippen LogP contribution in [0.5, 0.6) is 0 Å². The Morgan fingerprint density at radius 1 is 0.895 bits per heavy atom. The number of benzene rings is 2. The van der Waals surface area contributed by atoms with Crippen molar-refractivity contribution in [1.82, 2.24) is 9.78 Å². The highest BCUT2D eigenvalue weighted by Gasteiger charge is 2.03. The van der Waals surface area contributed by atoms with Crippen molar-refractivity contribution in [2.75, 3.05) is 0 Å². The number of halogens is 2. The molecule has 0 bridgehead atoms. The zero-order valence-electron chi connectivity index (χ0n) is 9.92. The van der Waals surface area contributed by atoms with Crippen molar-refractivity contribution in [3.05, 3.63) is 71.8 Å². The van der Waals surface area contributed by atoms with Gasteiger partial charge in [0.15, 0.2) is 0 Å². The predicted octanol–water partition coefficient (Wildman–Crippen LogP) is 4.33. The van der Waals surface area contributed by atoms with E-state index < -0.39 is 0 Å². The lowest BCUT2D eigenvalue weighted by atomic mass is 10.1. The minimum absolute atomic E-state index is 0.242. The fraction of sp³-hybridized carbons (Fsp3) is 0. The maximum absolute atomic E-state index is 12.9. The van der Waals surface area contributed by atoms with Crippen LogP contribution >= 0.6 is 11.6 Å². The number of nitrogens with zero attached hydrogens (tertiary/aromatic N) is 2. The zero-order chi connectivity index (χ0) is 13.2. The van der Waals surface area contributed by atoms with E-state index in [4.69, 9.17) is 11.6 Å². The Morgan fingerprint density at radius 2 is 1.58 bits per heavy atom. The van der Waals surface area contributed by atoms with Crippen molar-refractivity contribution >= 4 is 11.6 Å². The topological polar surface area (TPSA) is 17.8 Å². The minimum Gasteiger partial charge on any atom is -0.240 e. The van der Waals surface area contributed by atoms with Crippen LogP contribution in [-0.2, 0) is 0 Å². The van der Waals surface area contributed by atoms with Gasteiger partial charge >= 0.3 is 0 Å². The highest BCUT2D eigenvalue weighted by atomic mass is 35.5. The average Bonchev–Trinajstić information content (AvgIpc) is 2.90. The maximum Gasteiger partial charge on any atom is 0.123 e. The van der Waals surface area contributed by atoms with E-state index in [2.05, 4.69) is 5.10 Å². The lowest BCUT2D eigenvalue weighted by Gasteiger charge is -2.00. The molecule has 0 atom stereocenters. The van der Waals surface area contributed by atoms with E-state index in [9.17, 15) is 4.39 Å². The Morgan fingerprint density at radius 3 is 2.26 bits per heavy atom. The monoisotopic (exact) mass is 272 g/mol. The summed E-state index contributed by atoms with van der Waals surface area (Å²) < 4.78 is 14.6. The number of rotatable bonds is 2. The molecule has 0 radical (unpaired) electrons. The maximum atomic E-state index is 12.9. The Kier molecular flexibility index (Phi) is 3.05. The smallest absolute Gasteiger partial charge is 0.123 e.